The smallest absolute Gasteiger partial charge is 0.240 e. The molecule has 5 heteroatoms. The van der Waals surface area contributed by atoms with Gasteiger partial charge in [-0.2, -0.15) is 0 Å². The molecule has 2 rings (SSSR count). The van der Waals surface area contributed by atoms with Crippen molar-refractivity contribution in [2.45, 2.75) is 37.8 Å². The molecule has 0 aromatic carbocycles. The highest BCUT2D eigenvalue weighted by atomic mass is 16.2. The van der Waals surface area contributed by atoms with Crippen LogP contribution in [0.3, 0.4) is 0 Å². The van der Waals surface area contributed by atoms with Gasteiger partial charge in [0.05, 0.1) is 6.04 Å². The zero-order valence-electron chi connectivity index (χ0n) is 8.74. The molecule has 0 bridgehead atoms. The van der Waals surface area contributed by atoms with Gasteiger partial charge < -0.3 is 16.0 Å². The largest absolute Gasteiger partial charge is 0.368 e. The first kappa shape index (κ1) is 10.4. The van der Waals surface area contributed by atoms with E-state index in [1.54, 1.807) is 4.90 Å². The fourth-order valence-electron chi connectivity index (χ4n) is 2.42. The lowest BCUT2D eigenvalue weighted by atomic mass is 10.1. The molecule has 0 saturated carbocycles. The number of nitrogens with two attached hydrogens (primary N) is 1. The van der Waals surface area contributed by atoms with E-state index in [9.17, 15) is 9.59 Å². The number of nitrogens with one attached hydrogen (secondary N) is 1. The summed E-state index contributed by atoms with van der Waals surface area (Å²) >= 11 is 0. The van der Waals surface area contributed by atoms with E-state index in [2.05, 4.69) is 5.32 Å². The van der Waals surface area contributed by atoms with E-state index in [0.717, 1.165) is 25.8 Å². The van der Waals surface area contributed by atoms with Crippen LogP contribution in [-0.4, -0.2) is 41.9 Å². The van der Waals surface area contributed by atoms with Crippen molar-refractivity contribution in [3.63, 3.8) is 0 Å². The van der Waals surface area contributed by atoms with E-state index in [0.29, 0.717) is 13.0 Å². The normalized spacial score (nSPS) is 30.8. The van der Waals surface area contributed by atoms with Crippen LogP contribution in [0, 0.1) is 0 Å². The summed E-state index contributed by atoms with van der Waals surface area (Å²) in [5.41, 5.74) is 5.27. The SMILES string of the molecule is NC(=O)C1CCCN1C(=O)C1CCCN1. The summed E-state index contributed by atoms with van der Waals surface area (Å²) in [6, 6.07) is -0.468. The summed E-state index contributed by atoms with van der Waals surface area (Å²) in [6.07, 6.45) is 3.51. The molecule has 2 saturated heterocycles. The summed E-state index contributed by atoms with van der Waals surface area (Å²) in [5, 5.41) is 3.15. The Bertz CT molecular complexity index is 274. The molecular formula is C10H17N3O2. The van der Waals surface area contributed by atoms with Gasteiger partial charge in [0.2, 0.25) is 11.8 Å². The van der Waals surface area contributed by atoms with Crippen molar-refractivity contribution in [1.29, 1.82) is 0 Å². The maximum atomic E-state index is 12.0. The number of carbonyl (C=O) groups excluding carboxylic acids is 2. The molecule has 0 aliphatic carbocycles. The summed E-state index contributed by atoms with van der Waals surface area (Å²) < 4.78 is 0. The lowest BCUT2D eigenvalue weighted by molar-refractivity contribution is -0.138. The molecule has 0 aromatic rings. The molecule has 15 heavy (non-hydrogen) atoms. The molecule has 0 spiro atoms. The van der Waals surface area contributed by atoms with Crippen LogP contribution >= 0.6 is 0 Å². The van der Waals surface area contributed by atoms with E-state index >= 15 is 0 Å². The maximum Gasteiger partial charge on any atom is 0.240 e. The number of nitrogens with zero attached hydrogens (tertiary/aromatic N) is 1. The zero-order chi connectivity index (χ0) is 10.8. The Balaban J connectivity index is 2.02. The van der Waals surface area contributed by atoms with Gasteiger partial charge in [-0.05, 0) is 32.2 Å². The molecule has 2 aliphatic rings. The molecule has 2 fully saturated rings. The van der Waals surface area contributed by atoms with Gasteiger partial charge in [0.15, 0.2) is 0 Å². The molecule has 2 atom stereocenters. The van der Waals surface area contributed by atoms with Crippen molar-refractivity contribution < 1.29 is 9.59 Å². The Kier molecular flexibility index (Phi) is 2.90. The van der Waals surface area contributed by atoms with Crippen LogP contribution in [0.15, 0.2) is 0 Å². The highest BCUT2D eigenvalue weighted by molar-refractivity contribution is 5.89. The second-order valence-corrected chi connectivity index (χ2v) is 4.24. The summed E-state index contributed by atoms with van der Waals surface area (Å²) in [5.74, 6) is -0.326. The monoisotopic (exact) mass is 211 g/mol. The van der Waals surface area contributed by atoms with Gasteiger partial charge in [0.1, 0.15) is 6.04 Å². The molecule has 3 N–H and O–H groups in total. The van der Waals surface area contributed by atoms with Gasteiger partial charge in [0.25, 0.3) is 0 Å². The minimum atomic E-state index is -0.376. The predicted octanol–water partition coefficient (Wildman–Crippen LogP) is -0.785. The van der Waals surface area contributed by atoms with Gasteiger partial charge in [-0.15, -0.1) is 0 Å². The molecule has 2 heterocycles. The van der Waals surface area contributed by atoms with E-state index in [1.807, 2.05) is 0 Å². The summed E-state index contributed by atoms with van der Waals surface area (Å²) in [4.78, 5) is 24.8. The third kappa shape index (κ3) is 1.97. The fraction of sp³-hybridized carbons (Fsp3) is 0.800. The lowest BCUT2D eigenvalue weighted by Crippen LogP contribution is -2.49. The summed E-state index contributed by atoms with van der Waals surface area (Å²) in [7, 11) is 0. The molecule has 84 valence electrons. The Morgan fingerprint density at radius 1 is 1.27 bits per heavy atom. The molecular weight excluding hydrogens is 194 g/mol. The van der Waals surface area contributed by atoms with Gasteiger partial charge in [0, 0.05) is 6.54 Å². The van der Waals surface area contributed by atoms with Gasteiger partial charge in [-0.25, -0.2) is 0 Å². The standard InChI is InChI=1S/C10H17N3O2/c11-9(14)8-4-2-6-13(8)10(15)7-3-1-5-12-7/h7-8,12H,1-6H2,(H2,11,14). The van der Waals surface area contributed by atoms with Crippen molar-refractivity contribution in [3.8, 4) is 0 Å². The van der Waals surface area contributed by atoms with Crippen molar-refractivity contribution >= 4 is 11.8 Å². The van der Waals surface area contributed by atoms with E-state index in [1.165, 1.54) is 0 Å². The van der Waals surface area contributed by atoms with Gasteiger partial charge >= 0.3 is 0 Å². The van der Waals surface area contributed by atoms with E-state index in [-0.39, 0.29) is 23.9 Å². The zero-order valence-corrected chi connectivity index (χ0v) is 8.74. The highest BCUT2D eigenvalue weighted by Gasteiger charge is 2.36. The fourth-order valence-corrected chi connectivity index (χ4v) is 2.42. The Hall–Kier alpha value is -1.10. The van der Waals surface area contributed by atoms with Crippen LogP contribution in [0.1, 0.15) is 25.7 Å². The van der Waals surface area contributed by atoms with Crippen LogP contribution in [0.25, 0.3) is 0 Å². The minimum Gasteiger partial charge on any atom is -0.368 e. The third-order valence-corrected chi connectivity index (χ3v) is 3.22. The molecule has 2 unspecified atom stereocenters. The van der Waals surface area contributed by atoms with Crippen molar-refractivity contribution in [2.75, 3.05) is 13.1 Å². The first-order valence-corrected chi connectivity index (χ1v) is 5.53. The molecule has 2 amide bonds. The maximum absolute atomic E-state index is 12.0. The number of rotatable bonds is 2. The van der Waals surface area contributed by atoms with Crippen LogP contribution in [-0.2, 0) is 9.59 Å². The lowest BCUT2D eigenvalue weighted by Gasteiger charge is -2.25. The number of hydrogen-bond acceptors (Lipinski definition) is 3. The quantitative estimate of drug-likeness (QED) is 0.629. The average molecular weight is 211 g/mol. The number of carbonyl (C=O) groups is 2. The summed E-state index contributed by atoms with van der Waals surface area (Å²) in [6.45, 7) is 1.57. The Labute approximate surface area is 89.0 Å². The highest BCUT2D eigenvalue weighted by Crippen LogP contribution is 2.20. The van der Waals surface area contributed by atoms with Crippen LogP contribution in [0.5, 0.6) is 0 Å². The van der Waals surface area contributed by atoms with Crippen LogP contribution in [0.4, 0.5) is 0 Å². The second-order valence-electron chi connectivity index (χ2n) is 4.24. The van der Waals surface area contributed by atoms with Crippen molar-refractivity contribution in [2.24, 2.45) is 5.73 Å². The van der Waals surface area contributed by atoms with Crippen LogP contribution < -0.4 is 11.1 Å². The average Bonchev–Trinajstić information content (AvgIpc) is 2.88. The van der Waals surface area contributed by atoms with Crippen LogP contribution in [0.2, 0.25) is 0 Å². The van der Waals surface area contributed by atoms with Crippen molar-refractivity contribution in [3.05, 3.63) is 0 Å². The minimum absolute atomic E-state index is 0.0498. The second kappa shape index (κ2) is 4.18. The van der Waals surface area contributed by atoms with Crippen molar-refractivity contribution in [1.82, 2.24) is 10.2 Å². The van der Waals surface area contributed by atoms with Gasteiger partial charge in [-0.3, -0.25) is 9.59 Å². The predicted molar refractivity (Wildman–Crippen MR) is 55.0 cm³/mol. The number of likely N-dealkylation sites (tertiary alicyclic amines) is 1. The van der Waals surface area contributed by atoms with E-state index in [4.69, 9.17) is 5.73 Å². The van der Waals surface area contributed by atoms with Gasteiger partial charge in [-0.1, -0.05) is 0 Å². The molecule has 5 nitrogen and oxygen atoms in total. The number of hydrogen-bond donors (Lipinski definition) is 2. The Morgan fingerprint density at radius 3 is 2.67 bits per heavy atom. The first-order valence-electron chi connectivity index (χ1n) is 5.53. The number of primary amides is 1. The topological polar surface area (TPSA) is 75.4 Å². The number of amides is 2. The third-order valence-electron chi connectivity index (χ3n) is 3.22. The van der Waals surface area contributed by atoms with E-state index < -0.39 is 0 Å². The molecule has 0 radical (unpaired) electrons. The first-order chi connectivity index (χ1) is 7.20. The Morgan fingerprint density at radius 2 is 2.07 bits per heavy atom. The molecule has 2 aliphatic heterocycles. The molecule has 0 aromatic heterocycles.